The molecule has 0 spiro atoms. The van der Waals surface area contributed by atoms with Crippen molar-refractivity contribution in [3.63, 3.8) is 0 Å². The fraction of sp³-hybridized carbons (Fsp3) is 0.419. The van der Waals surface area contributed by atoms with Crippen molar-refractivity contribution in [1.29, 1.82) is 0 Å². The van der Waals surface area contributed by atoms with Gasteiger partial charge in [-0.1, -0.05) is 18.9 Å². The smallest absolute Gasteiger partial charge is 0.264 e. The second-order valence-corrected chi connectivity index (χ2v) is 15.6. The summed E-state index contributed by atoms with van der Waals surface area (Å²) >= 11 is 0. The Labute approximate surface area is 346 Å². The van der Waals surface area contributed by atoms with Crippen molar-refractivity contribution < 1.29 is 38.0 Å². The molecule has 4 aliphatic heterocycles. The number of nitrogens with zero attached hydrogens (tertiary/aromatic N) is 3. The van der Waals surface area contributed by atoms with Gasteiger partial charge in [-0.3, -0.25) is 53.6 Å². The van der Waals surface area contributed by atoms with Crippen LogP contribution < -0.4 is 26.6 Å². The zero-order chi connectivity index (χ0) is 42.5. The predicted molar refractivity (Wildman–Crippen MR) is 221 cm³/mol. The van der Waals surface area contributed by atoms with E-state index in [4.69, 9.17) is 0 Å². The number of rotatable bonds is 16. The number of unbranched alkanes of at least 4 members (excludes halogenated alkanes) is 3. The summed E-state index contributed by atoms with van der Waals surface area (Å²) in [6, 6.07) is 8.14. The Kier molecular flexibility index (Phi) is 12.8. The van der Waals surface area contributed by atoms with Crippen LogP contribution in [-0.4, -0.2) is 126 Å². The molecular formula is C43H50FN9O7. The van der Waals surface area contributed by atoms with Gasteiger partial charge in [0.2, 0.25) is 17.7 Å². The maximum Gasteiger partial charge on any atom is 0.264 e. The number of H-pyrrole nitrogens is 1. The van der Waals surface area contributed by atoms with Crippen molar-refractivity contribution in [3.8, 4) is 0 Å². The molecule has 1 unspecified atom stereocenters. The number of amides is 7. The summed E-state index contributed by atoms with van der Waals surface area (Å²) < 4.78 is 13.9. The van der Waals surface area contributed by atoms with E-state index in [-0.39, 0.29) is 41.7 Å². The predicted octanol–water partition coefficient (Wildman–Crippen LogP) is 2.80. The van der Waals surface area contributed by atoms with E-state index in [1.165, 1.54) is 18.2 Å². The molecule has 7 rings (SSSR count). The molecule has 7 amide bonds. The van der Waals surface area contributed by atoms with Crippen molar-refractivity contribution in [2.45, 2.75) is 58.4 Å². The number of halogens is 1. The lowest BCUT2D eigenvalue weighted by molar-refractivity contribution is -0.136. The Morgan fingerprint density at radius 2 is 1.60 bits per heavy atom. The van der Waals surface area contributed by atoms with E-state index in [1.807, 2.05) is 6.92 Å². The monoisotopic (exact) mass is 823 g/mol. The number of anilines is 2. The van der Waals surface area contributed by atoms with E-state index in [1.54, 1.807) is 31.2 Å². The number of hydrogen-bond donors (Lipinski definition) is 6. The first-order valence-electron chi connectivity index (χ1n) is 20.5. The molecule has 0 radical (unpaired) electrons. The molecule has 0 aliphatic carbocycles. The van der Waals surface area contributed by atoms with Crippen LogP contribution in [0.4, 0.5) is 15.8 Å². The van der Waals surface area contributed by atoms with Crippen LogP contribution in [0.1, 0.15) is 92.1 Å². The molecule has 316 valence electrons. The van der Waals surface area contributed by atoms with E-state index >= 15 is 0 Å². The molecule has 6 N–H and O–H groups in total. The lowest BCUT2D eigenvalue weighted by Crippen LogP contribution is -2.54. The summed E-state index contributed by atoms with van der Waals surface area (Å²) in [6.45, 7) is 9.24. The minimum Gasteiger partial charge on any atom is -0.384 e. The molecule has 17 heteroatoms. The fourth-order valence-electron chi connectivity index (χ4n) is 8.27. The van der Waals surface area contributed by atoms with Gasteiger partial charge in [-0.25, -0.2) is 4.39 Å². The third-order valence-corrected chi connectivity index (χ3v) is 11.5. The second-order valence-electron chi connectivity index (χ2n) is 15.6. The second kappa shape index (κ2) is 18.4. The van der Waals surface area contributed by atoms with Gasteiger partial charge in [0.05, 0.1) is 28.8 Å². The number of imide groups is 2. The van der Waals surface area contributed by atoms with E-state index in [0.717, 1.165) is 56.8 Å². The summed E-state index contributed by atoms with van der Waals surface area (Å²) in [5.41, 5.74) is 4.87. The molecule has 3 aromatic rings. The van der Waals surface area contributed by atoms with Crippen molar-refractivity contribution in [2.75, 3.05) is 69.5 Å². The van der Waals surface area contributed by atoms with Crippen LogP contribution >= 0.6 is 0 Å². The fourth-order valence-corrected chi connectivity index (χ4v) is 8.27. The number of aromatic nitrogens is 1. The molecule has 2 fully saturated rings. The number of aromatic amines is 1. The molecule has 4 aliphatic rings. The van der Waals surface area contributed by atoms with Gasteiger partial charge in [-0.15, -0.1) is 0 Å². The van der Waals surface area contributed by atoms with E-state index < -0.39 is 35.5 Å². The number of benzene rings is 2. The van der Waals surface area contributed by atoms with Crippen molar-refractivity contribution >= 4 is 64.4 Å². The molecule has 1 aromatic heterocycles. The van der Waals surface area contributed by atoms with Crippen LogP contribution in [0.25, 0.3) is 11.6 Å². The van der Waals surface area contributed by atoms with Gasteiger partial charge in [-0.05, 0) is 75.1 Å². The Balaban J connectivity index is 0.753. The first-order valence-corrected chi connectivity index (χ1v) is 20.5. The lowest BCUT2D eigenvalue weighted by Gasteiger charge is -2.34. The summed E-state index contributed by atoms with van der Waals surface area (Å²) in [5, 5.41) is 14.2. The minimum atomic E-state index is -1.01. The van der Waals surface area contributed by atoms with E-state index in [0.29, 0.717) is 77.7 Å². The highest BCUT2D eigenvalue weighted by atomic mass is 19.1. The topological polar surface area (TPSA) is 205 Å². The Hall–Kier alpha value is -6.20. The van der Waals surface area contributed by atoms with E-state index in [9.17, 15) is 38.0 Å². The third-order valence-electron chi connectivity index (χ3n) is 11.5. The highest BCUT2D eigenvalue weighted by Gasteiger charge is 2.45. The molecule has 60 heavy (non-hydrogen) atoms. The molecular weight excluding hydrogens is 774 g/mol. The van der Waals surface area contributed by atoms with E-state index in [2.05, 4.69) is 41.4 Å². The molecule has 2 saturated heterocycles. The standard InChI is InChI=1S/C43H50FN9O7/c1-25-33(23-30-29-22-27(44)10-11-31(29)49-39(30)56)48-26(2)37(25)41(58)47-16-17-51-18-20-52(21-19-51)24-36(55)46-15-6-4-3-5-14-45-32-9-7-8-28-38(32)43(60)53(42(28)59)34-12-13-35(54)50-40(34)57/h7-11,22-23,34,45,48H,3-6,12-21,24H2,1-2H3,(H,46,55)(H,47,58)(H,49,56)(H,50,54,57)/b30-23-. The summed E-state index contributed by atoms with van der Waals surface area (Å²) in [7, 11) is 0. The van der Waals surface area contributed by atoms with Crippen LogP contribution in [0, 0.1) is 19.7 Å². The van der Waals surface area contributed by atoms with Crippen LogP contribution in [0.2, 0.25) is 0 Å². The van der Waals surface area contributed by atoms with Gasteiger partial charge >= 0.3 is 0 Å². The number of piperidine rings is 1. The number of aryl methyl sites for hydroxylation is 1. The summed E-state index contributed by atoms with van der Waals surface area (Å²) in [4.78, 5) is 97.3. The van der Waals surface area contributed by atoms with Gasteiger partial charge in [0, 0.05) is 87.1 Å². The third kappa shape index (κ3) is 9.16. The summed E-state index contributed by atoms with van der Waals surface area (Å²) in [5.74, 6) is -3.13. The first-order chi connectivity index (χ1) is 28.9. The van der Waals surface area contributed by atoms with Crippen molar-refractivity contribution in [1.82, 2.24) is 35.6 Å². The number of nitrogens with one attached hydrogen (secondary N) is 6. The molecule has 16 nitrogen and oxygen atoms in total. The quantitative estimate of drug-likeness (QED) is 0.0709. The molecule has 0 bridgehead atoms. The van der Waals surface area contributed by atoms with Gasteiger partial charge in [0.1, 0.15) is 11.9 Å². The van der Waals surface area contributed by atoms with Crippen LogP contribution in [0.5, 0.6) is 0 Å². The molecule has 2 aromatic carbocycles. The lowest BCUT2D eigenvalue weighted by atomic mass is 10.0. The number of fused-ring (bicyclic) bond motifs is 2. The number of carbonyl (C=O) groups is 7. The summed E-state index contributed by atoms with van der Waals surface area (Å²) in [6.07, 6.45) is 5.27. The zero-order valence-corrected chi connectivity index (χ0v) is 33.8. The van der Waals surface area contributed by atoms with Gasteiger partial charge < -0.3 is 26.3 Å². The van der Waals surface area contributed by atoms with Gasteiger partial charge in [0.25, 0.3) is 23.6 Å². The number of piperazine rings is 1. The first kappa shape index (κ1) is 41.9. The minimum absolute atomic E-state index is 0.0157. The Morgan fingerprint density at radius 3 is 2.37 bits per heavy atom. The average Bonchev–Trinajstić information content (AvgIpc) is 3.78. The van der Waals surface area contributed by atoms with Crippen LogP contribution in [0.15, 0.2) is 36.4 Å². The molecule has 5 heterocycles. The normalized spacial score (nSPS) is 18.7. The highest BCUT2D eigenvalue weighted by Crippen LogP contribution is 2.35. The maximum atomic E-state index is 13.9. The Morgan fingerprint density at radius 1 is 0.850 bits per heavy atom. The zero-order valence-electron chi connectivity index (χ0n) is 33.8. The molecule has 0 saturated carbocycles. The number of hydrogen-bond acceptors (Lipinski definition) is 10. The maximum absolute atomic E-state index is 13.9. The van der Waals surface area contributed by atoms with Gasteiger partial charge in [-0.2, -0.15) is 0 Å². The number of carbonyl (C=O) groups excluding carboxylic acids is 7. The van der Waals surface area contributed by atoms with Gasteiger partial charge in [0.15, 0.2) is 0 Å². The van der Waals surface area contributed by atoms with Crippen molar-refractivity contribution in [2.24, 2.45) is 0 Å². The van der Waals surface area contributed by atoms with Crippen molar-refractivity contribution in [3.05, 3.63) is 81.4 Å². The molecule has 1 atom stereocenters. The Bertz CT molecular complexity index is 2260. The SMILES string of the molecule is Cc1[nH]c(/C=C2\C(=O)Nc3ccc(F)cc32)c(C)c1C(=O)NCCN1CCN(CC(=O)NCCCCCCNc2cccc3c2C(=O)N(C2CCC(=O)NC2=O)C3=O)CC1. The highest BCUT2D eigenvalue weighted by molar-refractivity contribution is 6.35. The van der Waals surface area contributed by atoms with Crippen LogP contribution in [0.3, 0.4) is 0 Å². The largest absolute Gasteiger partial charge is 0.384 e. The average molecular weight is 824 g/mol. The van der Waals surface area contributed by atoms with Crippen LogP contribution in [-0.2, 0) is 19.2 Å².